The lowest BCUT2D eigenvalue weighted by Crippen LogP contribution is -2.45. The molecule has 0 aliphatic carbocycles. The van der Waals surface area contributed by atoms with Gasteiger partial charge in [-0.1, -0.05) is 6.08 Å². The van der Waals surface area contributed by atoms with Gasteiger partial charge in [0.05, 0.1) is 6.54 Å². The Hall–Kier alpha value is -1.89. The molecule has 18 heavy (non-hydrogen) atoms. The summed E-state index contributed by atoms with van der Waals surface area (Å²) < 4.78 is 0. The zero-order chi connectivity index (χ0) is 13.5. The third-order valence-corrected chi connectivity index (χ3v) is 3.04. The van der Waals surface area contributed by atoms with Crippen LogP contribution in [0.4, 0.5) is 4.79 Å². The molecule has 0 aromatic carbocycles. The number of carbonyl (C=O) groups excluding carboxylic acids is 1. The molecule has 3 N–H and O–H groups in total. The fourth-order valence-corrected chi connectivity index (χ4v) is 1.95. The predicted octanol–water partition coefficient (Wildman–Crippen LogP) is 1.28. The molecule has 2 amide bonds. The van der Waals surface area contributed by atoms with Crippen molar-refractivity contribution in [1.29, 1.82) is 0 Å². The zero-order valence-corrected chi connectivity index (χ0v) is 10.8. The Morgan fingerprint density at radius 3 is 2.89 bits per heavy atom. The predicted molar refractivity (Wildman–Crippen MR) is 68.5 cm³/mol. The quantitative estimate of drug-likeness (QED) is 0.678. The Kier molecular flexibility index (Phi) is 5.31. The number of aromatic nitrogens is 1. The number of carbonyl (C=O) groups is 2. The van der Waals surface area contributed by atoms with Crippen LogP contribution in [0, 0.1) is 6.92 Å². The van der Waals surface area contributed by atoms with E-state index >= 15 is 0 Å². The molecule has 98 valence electrons. The first-order valence-corrected chi connectivity index (χ1v) is 6.20. The molecule has 6 nitrogen and oxygen atoms in total. The van der Waals surface area contributed by atoms with Crippen LogP contribution >= 0.6 is 11.3 Å². The second kappa shape index (κ2) is 6.75. The highest BCUT2D eigenvalue weighted by molar-refractivity contribution is 7.09. The molecule has 0 saturated carbocycles. The maximum atomic E-state index is 11.5. The Morgan fingerprint density at radius 1 is 1.67 bits per heavy atom. The molecular weight excluding hydrogens is 254 g/mol. The van der Waals surface area contributed by atoms with Crippen molar-refractivity contribution in [3.63, 3.8) is 0 Å². The van der Waals surface area contributed by atoms with Gasteiger partial charge in [-0.3, -0.25) is 0 Å². The third kappa shape index (κ3) is 4.54. The van der Waals surface area contributed by atoms with Crippen LogP contribution < -0.4 is 10.6 Å². The first-order chi connectivity index (χ1) is 8.52. The maximum absolute atomic E-state index is 11.5. The van der Waals surface area contributed by atoms with Crippen molar-refractivity contribution in [2.45, 2.75) is 25.9 Å². The van der Waals surface area contributed by atoms with E-state index < -0.39 is 18.0 Å². The molecule has 0 saturated heterocycles. The van der Waals surface area contributed by atoms with Gasteiger partial charge in [-0.15, -0.1) is 17.9 Å². The van der Waals surface area contributed by atoms with Crippen LogP contribution in [-0.4, -0.2) is 28.1 Å². The van der Waals surface area contributed by atoms with Crippen LogP contribution in [0.1, 0.15) is 17.1 Å². The monoisotopic (exact) mass is 269 g/mol. The van der Waals surface area contributed by atoms with Gasteiger partial charge in [0.1, 0.15) is 11.0 Å². The summed E-state index contributed by atoms with van der Waals surface area (Å²) in [5.41, 5.74) is 0.896. The third-order valence-electron chi connectivity index (χ3n) is 2.07. The minimum atomic E-state index is -1.09. The molecule has 7 heteroatoms. The van der Waals surface area contributed by atoms with E-state index in [1.165, 1.54) is 17.4 Å². The summed E-state index contributed by atoms with van der Waals surface area (Å²) in [5.74, 6) is -1.09. The van der Waals surface area contributed by atoms with E-state index in [1.807, 2.05) is 12.3 Å². The number of rotatable bonds is 6. The highest BCUT2D eigenvalue weighted by Crippen LogP contribution is 2.07. The SMILES string of the molecule is C=CCC(NC(=O)NCc1nc(C)cs1)C(=O)O. The number of hydrogen-bond acceptors (Lipinski definition) is 4. The minimum absolute atomic E-state index is 0.180. The number of thiazole rings is 1. The van der Waals surface area contributed by atoms with Crippen LogP contribution in [0.2, 0.25) is 0 Å². The van der Waals surface area contributed by atoms with Crippen molar-refractivity contribution in [3.05, 3.63) is 28.7 Å². The first kappa shape index (κ1) is 14.2. The normalized spacial score (nSPS) is 11.6. The van der Waals surface area contributed by atoms with Gasteiger partial charge in [-0.2, -0.15) is 0 Å². The number of amides is 2. The molecular formula is C11H15N3O3S. The van der Waals surface area contributed by atoms with Gasteiger partial charge in [0.25, 0.3) is 0 Å². The summed E-state index contributed by atoms with van der Waals surface area (Å²) in [6, 6.07) is -1.49. The standard InChI is InChI=1S/C11H15N3O3S/c1-3-4-8(10(15)16)14-11(17)12-5-9-13-7(2)6-18-9/h3,6,8H,1,4-5H2,2H3,(H,15,16)(H2,12,14,17). The molecule has 0 aliphatic rings. The van der Waals surface area contributed by atoms with Crippen molar-refractivity contribution >= 4 is 23.3 Å². The molecule has 1 aromatic rings. The highest BCUT2D eigenvalue weighted by Gasteiger charge is 2.17. The average Bonchev–Trinajstić information content (AvgIpc) is 2.72. The van der Waals surface area contributed by atoms with Crippen LogP contribution in [0.5, 0.6) is 0 Å². The lowest BCUT2D eigenvalue weighted by molar-refractivity contribution is -0.139. The molecule has 1 atom stereocenters. The van der Waals surface area contributed by atoms with Crippen molar-refractivity contribution in [2.24, 2.45) is 0 Å². The summed E-state index contributed by atoms with van der Waals surface area (Å²) in [6.45, 7) is 5.59. The van der Waals surface area contributed by atoms with Gasteiger partial charge in [-0.05, 0) is 13.3 Å². The van der Waals surface area contributed by atoms with E-state index in [4.69, 9.17) is 5.11 Å². The van der Waals surface area contributed by atoms with Crippen LogP contribution in [0.15, 0.2) is 18.0 Å². The number of carboxylic acid groups (broad SMARTS) is 1. The van der Waals surface area contributed by atoms with Gasteiger partial charge >= 0.3 is 12.0 Å². The van der Waals surface area contributed by atoms with Crippen molar-refractivity contribution in [3.8, 4) is 0 Å². The summed E-state index contributed by atoms with van der Waals surface area (Å²) >= 11 is 1.44. The summed E-state index contributed by atoms with van der Waals surface area (Å²) in [6.07, 6.45) is 1.63. The zero-order valence-electron chi connectivity index (χ0n) is 9.97. The molecule has 1 rings (SSSR count). The van der Waals surface area contributed by atoms with E-state index in [-0.39, 0.29) is 13.0 Å². The Balaban J connectivity index is 2.40. The highest BCUT2D eigenvalue weighted by atomic mass is 32.1. The fraction of sp³-hybridized carbons (Fsp3) is 0.364. The second-order valence-corrected chi connectivity index (χ2v) is 4.57. The van der Waals surface area contributed by atoms with Gasteiger partial charge in [0, 0.05) is 11.1 Å². The number of aryl methyl sites for hydroxylation is 1. The number of urea groups is 1. The Bertz CT molecular complexity index is 444. The van der Waals surface area contributed by atoms with Crippen LogP contribution in [0.25, 0.3) is 0 Å². The van der Waals surface area contributed by atoms with Crippen LogP contribution in [-0.2, 0) is 11.3 Å². The molecule has 1 unspecified atom stereocenters. The molecule has 0 radical (unpaired) electrons. The maximum Gasteiger partial charge on any atom is 0.326 e. The van der Waals surface area contributed by atoms with Crippen molar-refractivity contribution < 1.29 is 14.7 Å². The number of nitrogens with one attached hydrogen (secondary N) is 2. The van der Waals surface area contributed by atoms with Gasteiger partial charge in [0.15, 0.2) is 0 Å². The lowest BCUT2D eigenvalue weighted by Gasteiger charge is -2.12. The number of hydrogen-bond donors (Lipinski definition) is 3. The van der Waals surface area contributed by atoms with Gasteiger partial charge in [0.2, 0.25) is 0 Å². The largest absolute Gasteiger partial charge is 0.480 e. The summed E-state index contributed by atoms with van der Waals surface area (Å²) in [5, 5.41) is 16.4. The summed E-state index contributed by atoms with van der Waals surface area (Å²) in [4.78, 5) is 26.4. The molecule has 1 aromatic heterocycles. The van der Waals surface area contributed by atoms with Gasteiger partial charge in [-0.25, -0.2) is 14.6 Å². The van der Waals surface area contributed by atoms with E-state index in [0.29, 0.717) is 0 Å². The lowest BCUT2D eigenvalue weighted by atomic mass is 10.2. The number of carboxylic acids is 1. The molecule has 0 bridgehead atoms. The van der Waals surface area contributed by atoms with Gasteiger partial charge < -0.3 is 15.7 Å². The molecule has 0 aliphatic heterocycles. The van der Waals surface area contributed by atoms with E-state index in [9.17, 15) is 9.59 Å². The fourth-order valence-electron chi connectivity index (χ4n) is 1.24. The van der Waals surface area contributed by atoms with E-state index in [2.05, 4.69) is 22.2 Å². The van der Waals surface area contributed by atoms with Crippen LogP contribution in [0.3, 0.4) is 0 Å². The first-order valence-electron chi connectivity index (χ1n) is 5.32. The average molecular weight is 269 g/mol. The molecule has 1 heterocycles. The topological polar surface area (TPSA) is 91.3 Å². The Labute approximate surface area is 109 Å². The van der Waals surface area contributed by atoms with E-state index in [0.717, 1.165) is 10.7 Å². The second-order valence-electron chi connectivity index (χ2n) is 3.62. The van der Waals surface area contributed by atoms with Crippen molar-refractivity contribution in [2.75, 3.05) is 0 Å². The number of nitrogens with zero attached hydrogens (tertiary/aromatic N) is 1. The van der Waals surface area contributed by atoms with E-state index in [1.54, 1.807) is 0 Å². The van der Waals surface area contributed by atoms with Crippen molar-refractivity contribution in [1.82, 2.24) is 15.6 Å². The minimum Gasteiger partial charge on any atom is -0.480 e. The smallest absolute Gasteiger partial charge is 0.326 e. The summed E-state index contributed by atoms with van der Waals surface area (Å²) in [7, 11) is 0. The Morgan fingerprint density at radius 2 is 2.39 bits per heavy atom. The molecule has 0 spiro atoms. The number of aliphatic carboxylic acids is 1. The molecule has 0 fully saturated rings.